The van der Waals surface area contributed by atoms with Crippen LogP contribution in [0.3, 0.4) is 0 Å². The minimum Gasteiger partial charge on any atom is -0.469 e. The lowest BCUT2D eigenvalue weighted by atomic mass is 10.3. The molecule has 13 heavy (non-hydrogen) atoms. The van der Waals surface area contributed by atoms with E-state index in [0.29, 0.717) is 12.5 Å². The molecule has 2 rings (SSSR count). The maximum atomic E-state index is 5.54. The molecule has 0 bridgehead atoms. The van der Waals surface area contributed by atoms with Crippen LogP contribution < -0.4 is 15.8 Å². The highest BCUT2D eigenvalue weighted by molar-refractivity contribution is 5.79. The predicted molar refractivity (Wildman–Crippen MR) is 50.5 cm³/mol. The third kappa shape index (κ3) is 1.90. The molecule has 0 radical (unpaired) electrons. The number of para-hydroxylation sites is 1. The summed E-state index contributed by atoms with van der Waals surface area (Å²) in [5.41, 5.74) is 5.44. The molecule has 1 unspecified atom stereocenters. The summed E-state index contributed by atoms with van der Waals surface area (Å²) in [6.07, 6.45) is -0.123. The normalized spacial score (nSPS) is 20.6. The van der Waals surface area contributed by atoms with Gasteiger partial charge in [-0.25, -0.2) is 4.99 Å². The van der Waals surface area contributed by atoms with Crippen molar-refractivity contribution in [2.45, 2.75) is 6.23 Å². The fourth-order valence-electron chi connectivity index (χ4n) is 1.17. The van der Waals surface area contributed by atoms with Gasteiger partial charge in [0.25, 0.3) is 0 Å². The maximum absolute atomic E-state index is 5.54. The van der Waals surface area contributed by atoms with Crippen molar-refractivity contribution in [3.05, 3.63) is 30.3 Å². The molecular formula is C9H11N3O. The zero-order valence-electron chi connectivity index (χ0n) is 7.10. The van der Waals surface area contributed by atoms with Crippen molar-refractivity contribution in [2.75, 3.05) is 6.54 Å². The summed E-state index contributed by atoms with van der Waals surface area (Å²) in [5, 5.41) is 2.91. The molecule has 0 aliphatic carbocycles. The number of hydrogen-bond acceptors (Lipinski definition) is 4. The Labute approximate surface area is 76.4 Å². The molecule has 3 N–H and O–H groups in total. The second kappa shape index (κ2) is 3.35. The van der Waals surface area contributed by atoms with Crippen molar-refractivity contribution in [3.63, 3.8) is 0 Å². The fourth-order valence-corrected chi connectivity index (χ4v) is 1.17. The van der Waals surface area contributed by atoms with E-state index < -0.39 is 0 Å². The second-order valence-corrected chi connectivity index (χ2v) is 2.79. The van der Waals surface area contributed by atoms with Crippen molar-refractivity contribution in [1.82, 2.24) is 5.32 Å². The van der Waals surface area contributed by atoms with Crippen LogP contribution in [-0.2, 0) is 0 Å². The van der Waals surface area contributed by atoms with E-state index in [1.807, 2.05) is 30.3 Å². The molecule has 0 spiro atoms. The summed E-state index contributed by atoms with van der Waals surface area (Å²) < 4.78 is 5.54. The molecule has 1 aliphatic heterocycles. The first-order valence-corrected chi connectivity index (χ1v) is 4.13. The van der Waals surface area contributed by atoms with Crippen molar-refractivity contribution in [3.8, 4) is 5.75 Å². The molecule has 1 heterocycles. The zero-order chi connectivity index (χ0) is 9.10. The van der Waals surface area contributed by atoms with E-state index in [4.69, 9.17) is 10.5 Å². The van der Waals surface area contributed by atoms with Gasteiger partial charge in [0.05, 0.1) is 6.54 Å². The van der Waals surface area contributed by atoms with Gasteiger partial charge in [0.2, 0.25) is 0 Å². The third-order valence-corrected chi connectivity index (χ3v) is 1.76. The van der Waals surface area contributed by atoms with Crippen molar-refractivity contribution >= 4 is 5.96 Å². The van der Waals surface area contributed by atoms with Gasteiger partial charge < -0.3 is 15.8 Å². The van der Waals surface area contributed by atoms with Gasteiger partial charge in [-0.1, -0.05) is 18.2 Å². The molecule has 0 aromatic heterocycles. The first-order valence-electron chi connectivity index (χ1n) is 4.13. The Bertz CT molecular complexity index is 310. The van der Waals surface area contributed by atoms with E-state index in [1.54, 1.807) is 0 Å². The van der Waals surface area contributed by atoms with E-state index in [0.717, 1.165) is 5.75 Å². The number of aliphatic imine (C=N–C) groups is 1. The molecule has 68 valence electrons. The highest BCUT2D eigenvalue weighted by Crippen LogP contribution is 2.10. The number of rotatable bonds is 2. The van der Waals surface area contributed by atoms with Crippen LogP contribution >= 0.6 is 0 Å². The van der Waals surface area contributed by atoms with E-state index in [1.165, 1.54) is 0 Å². The number of hydrogen-bond donors (Lipinski definition) is 2. The average molecular weight is 177 g/mol. The first kappa shape index (κ1) is 7.91. The van der Waals surface area contributed by atoms with Crippen LogP contribution in [-0.4, -0.2) is 18.7 Å². The van der Waals surface area contributed by atoms with E-state index in [2.05, 4.69) is 10.3 Å². The molecule has 1 aromatic rings. The maximum Gasteiger partial charge on any atom is 0.191 e. The molecule has 4 nitrogen and oxygen atoms in total. The lowest BCUT2D eigenvalue weighted by Gasteiger charge is -2.12. The summed E-state index contributed by atoms with van der Waals surface area (Å²) in [6, 6.07) is 9.59. The Morgan fingerprint density at radius 2 is 2.15 bits per heavy atom. The predicted octanol–water partition coefficient (Wildman–Crippen LogP) is 0.309. The zero-order valence-corrected chi connectivity index (χ0v) is 7.10. The Hall–Kier alpha value is -1.71. The van der Waals surface area contributed by atoms with Gasteiger partial charge in [0.1, 0.15) is 5.75 Å². The first-order chi connectivity index (χ1) is 6.34. The van der Waals surface area contributed by atoms with Gasteiger partial charge >= 0.3 is 0 Å². The summed E-state index contributed by atoms with van der Waals surface area (Å²) in [7, 11) is 0. The second-order valence-electron chi connectivity index (χ2n) is 2.79. The molecule has 0 fully saturated rings. The highest BCUT2D eigenvalue weighted by Gasteiger charge is 2.15. The fraction of sp³-hybridized carbons (Fsp3) is 0.222. The van der Waals surface area contributed by atoms with Gasteiger partial charge in [-0.3, -0.25) is 0 Å². The van der Waals surface area contributed by atoms with Crippen molar-refractivity contribution < 1.29 is 4.74 Å². The summed E-state index contributed by atoms with van der Waals surface area (Å²) in [4.78, 5) is 3.97. The Kier molecular flexibility index (Phi) is 2.04. The summed E-state index contributed by atoms with van der Waals surface area (Å²) >= 11 is 0. The molecular weight excluding hydrogens is 166 g/mol. The van der Waals surface area contributed by atoms with Crippen LogP contribution in [0.2, 0.25) is 0 Å². The van der Waals surface area contributed by atoms with E-state index in [9.17, 15) is 0 Å². The molecule has 0 saturated heterocycles. The molecule has 0 amide bonds. The molecule has 4 heteroatoms. The summed E-state index contributed by atoms with van der Waals surface area (Å²) in [6.45, 7) is 0.570. The van der Waals surface area contributed by atoms with Gasteiger partial charge in [-0.15, -0.1) is 0 Å². The van der Waals surface area contributed by atoms with Gasteiger partial charge in [-0.2, -0.15) is 0 Å². The van der Waals surface area contributed by atoms with Crippen LogP contribution in [0.15, 0.2) is 35.3 Å². The Morgan fingerprint density at radius 3 is 2.77 bits per heavy atom. The van der Waals surface area contributed by atoms with E-state index in [-0.39, 0.29) is 6.23 Å². The quantitative estimate of drug-likeness (QED) is 0.683. The summed E-state index contributed by atoms with van der Waals surface area (Å²) in [5.74, 6) is 1.27. The SMILES string of the molecule is NC1=NCC(Oc2ccccc2)N1. The average Bonchev–Trinajstić information content (AvgIpc) is 2.53. The minimum absolute atomic E-state index is 0.123. The topological polar surface area (TPSA) is 59.6 Å². The monoisotopic (exact) mass is 177 g/mol. The van der Waals surface area contributed by atoms with Gasteiger partial charge in [-0.05, 0) is 12.1 Å². The molecule has 1 atom stereocenters. The number of guanidine groups is 1. The van der Waals surface area contributed by atoms with Crippen LogP contribution in [0.4, 0.5) is 0 Å². The lowest BCUT2D eigenvalue weighted by molar-refractivity contribution is 0.205. The smallest absolute Gasteiger partial charge is 0.191 e. The molecule has 1 aliphatic rings. The van der Waals surface area contributed by atoms with E-state index >= 15 is 0 Å². The Morgan fingerprint density at radius 1 is 1.38 bits per heavy atom. The molecule has 1 aromatic carbocycles. The third-order valence-electron chi connectivity index (χ3n) is 1.76. The number of benzene rings is 1. The number of ether oxygens (including phenoxy) is 1. The molecule has 0 saturated carbocycles. The van der Waals surface area contributed by atoms with Crippen molar-refractivity contribution in [2.24, 2.45) is 10.7 Å². The Balaban J connectivity index is 1.94. The standard InChI is InChI=1S/C9H11N3O/c10-9-11-6-8(12-9)13-7-4-2-1-3-5-7/h1-5,8H,6H2,(H3,10,11,12). The van der Waals surface area contributed by atoms with Crippen molar-refractivity contribution in [1.29, 1.82) is 0 Å². The number of nitrogens with two attached hydrogens (primary N) is 1. The van der Waals surface area contributed by atoms with Gasteiger partial charge in [0.15, 0.2) is 12.2 Å². The largest absolute Gasteiger partial charge is 0.469 e. The van der Waals surface area contributed by atoms with Crippen LogP contribution in [0.1, 0.15) is 0 Å². The minimum atomic E-state index is -0.123. The highest BCUT2D eigenvalue weighted by atomic mass is 16.5. The lowest BCUT2D eigenvalue weighted by Crippen LogP contribution is -2.38. The van der Waals surface area contributed by atoms with Crippen LogP contribution in [0.5, 0.6) is 5.75 Å². The van der Waals surface area contributed by atoms with Crippen LogP contribution in [0, 0.1) is 0 Å². The van der Waals surface area contributed by atoms with Gasteiger partial charge in [0, 0.05) is 0 Å². The number of nitrogens with one attached hydrogen (secondary N) is 1. The van der Waals surface area contributed by atoms with Crippen LogP contribution in [0.25, 0.3) is 0 Å². The number of nitrogens with zero attached hydrogens (tertiary/aromatic N) is 1.